The zero-order valence-corrected chi connectivity index (χ0v) is 21.0. The molecule has 1 aliphatic rings. The van der Waals surface area contributed by atoms with Gasteiger partial charge in [0.2, 0.25) is 10.0 Å². The van der Waals surface area contributed by atoms with Crippen LogP contribution < -0.4 is 14.4 Å². The molecule has 170 valence electrons. The Morgan fingerprint density at radius 1 is 1.03 bits per heavy atom. The molecule has 1 fully saturated rings. The van der Waals surface area contributed by atoms with Crippen molar-refractivity contribution in [3.63, 3.8) is 0 Å². The number of anilines is 1. The highest BCUT2D eigenvalue weighted by Gasteiger charge is 2.29. The molecule has 1 aliphatic heterocycles. The van der Waals surface area contributed by atoms with Gasteiger partial charge in [0.1, 0.15) is 0 Å². The molecule has 1 aromatic heterocycles. The van der Waals surface area contributed by atoms with Crippen LogP contribution in [0.15, 0.2) is 57.2 Å². The lowest BCUT2D eigenvalue weighted by Gasteiger charge is -2.33. The maximum Gasteiger partial charge on any atom is 0.243 e. The highest BCUT2D eigenvalue weighted by molar-refractivity contribution is 9.10. The molecule has 0 spiro atoms. The second-order valence-electron chi connectivity index (χ2n) is 7.34. The maximum atomic E-state index is 12.9. The predicted octanol–water partition coefficient (Wildman–Crippen LogP) is 4.02. The van der Waals surface area contributed by atoms with Crippen LogP contribution in [0.1, 0.15) is 11.3 Å². The van der Waals surface area contributed by atoms with E-state index in [1.807, 2.05) is 24.3 Å². The van der Waals surface area contributed by atoms with Crippen molar-refractivity contribution in [1.29, 1.82) is 0 Å². The molecule has 0 amide bonds. The van der Waals surface area contributed by atoms with Gasteiger partial charge in [-0.25, -0.2) is 13.4 Å². The molecule has 2 aromatic carbocycles. The summed E-state index contributed by atoms with van der Waals surface area (Å²) in [5.41, 5.74) is 2.06. The lowest BCUT2D eigenvalue weighted by Crippen LogP contribution is -2.48. The molecule has 2 heterocycles. The smallest absolute Gasteiger partial charge is 0.243 e. The molecule has 0 bridgehead atoms. The van der Waals surface area contributed by atoms with Gasteiger partial charge in [-0.15, -0.1) is 11.3 Å². The van der Waals surface area contributed by atoms with Gasteiger partial charge in [-0.1, -0.05) is 28.1 Å². The van der Waals surface area contributed by atoms with Crippen molar-refractivity contribution >= 4 is 42.4 Å². The van der Waals surface area contributed by atoms with Gasteiger partial charge in [-0.2, -0.15) is 4.31 Å². The summed E-state index contributed by atoms with van der Waals surface area (Å²) in [6.45, 7) is 2.08. The van der Waals surface area contributed by atoms with E-state index in [0.717, 1.165) is 20.9 Å². The summed E-state index contributed by atoms with van der Waals surface area (Å²) in [6.07, 6.45) is 0.689. The molecule has 0 unspecified atom stereocenters. The van der Waals surface area contributed by atoms with Gasteiger partial charge in [0, 0.05) is 42.5 Å². The molecule has 32 heavy (non-hydrogen) atoms. The van der Waals surface area contributed by atoms with Crippen molar-refractivity contribution in [3.8, 4) is 11.5 Å². The van der Waals surface area contributed by atoms with Crippen molar-refractivity contribution < 1.29 is 17.9 Å². The molecule has 0 saturated carbocycles. The first-order valence-corrected chi connectivity index (χ1v) is 13.2. The summed E-state index contributed by atoms with van der Waals surface area (Å²) in [5, 5.41) is 2.97. The molecule has 0 radical (unpaired) electrons. The fourth-order valence-corrected chi connectivity index (χ4v) is 6.52. The van der Waals surface area contributed by atoms with Gasteiger partial charge < -0.3 is 14.4 Å². The summed E-state index contributed by atoms with van der Waals surface area (Å²) in [5.74, 6) is 1.40. The minimum absolute atomic E-state index is 0.312. The number of piperazine rings is 1. The van der Waals surface area contributed by atoms with E-state index in [1.54, 1.807) is 48.1 Å². The Morgan fingerprint density at radius 2 is 1.78 bits per heavy atom. The largest absolute Gasteiger partial charge is 0.493 e. The number of nitrogens with zero attached hydrogens (tertiary/aromatic N) is 3. The van der Waals surface area contributed by atoms with Gasteiger partial charge in [0.25, 0.3) is 0 Å². The van der Waals surface area contributed by atoms with E-state index in [9.17, 15) is 8.42 Å². The topological polar surface area (TPSA) is 72.0 Å². The summed E-state index contributed by atoms with van der Waals surface area (Å²) in [7, 11) is -0.257. The number of sulfonamides is 1. The Bertz CT molecular complexity index is 1190. The first-order chi connectivity index (χ1) is 15.4. The van der Waals surface area contributed by atoms with Crippen LogP contribution in [-0.4, -0.2) is 58.1 Å². The zero-order valence-electron chi connectivity index (χ0n) is 17.8. The van der Waals surface area contributed by atoms with Crippen LogP contribution in [0.2, 0.25) is 0 Å². The number of hydrogen-bond acceptors (Lipinski definition) is 7. The normalized spacial score (nSPS) is 15.0. The van der Waals surface area contributed by atoms with Crippen LogP contribution in [0.4, 0.5) is 5.13 Å². The number of halogens is 1. The molecular weight excluding hydrogens is 514 g/mol. The van der Waals surface area contributed by atoms with E-state index in [0.29, 0.717) is 49.0 Å². The number of benzene rings is 2. The summed E-state index contributed by atoms with van der Waals surface area (Å²) >= 11 is 4.93. The molecule has 0 atom stereocenters. The van der Waals surface area contributed by atoms with E-state index < -0.39 is 10.0 Å². The number of thiazole rings is 1. The number of rotatable bonds is 7. The third kappa shape index (κ3) is 4.93. The van der Waals surface area contributed by atoms with Gasteiger partial charge in [0.15, 0.2) is 16.6 Å². The number of methoxy groups -OCH3 is 2. The standard InChI is InChI=1S/C22H24BrN3O4S2/c1-29-20-7-6-16(13-21(20)30-2)12-18-15-31-22(24-18)25-8-10-26(11-9-25)32(27,28)19-5-3-4-17(23)14-19/h3-7,13-15H,8-12H2,1-2H3. The molecule has 7 nitrogen and oxygen atoms in total. The third-order valence-corrected chi connectivity index (χ3v) is 8.65. The lowest BCUT2D eigenvalue weighted by atomic mass is 10.1. The average Bonchev–Trinajstić information content (AvgIpc) is 3.27. The summed E-state index contributed by atoms with van der Waals surface area (Å²) in [6, 6.07) is 12.7. The first-order valence-electron chi connectivity index (χ1n) is 10.1. The fourth-order valence-electron chi connectivity index (χ4n) is 3.62. The van der Waals surface area contributed by atoms with Crippen LogP contribution in [0, 0.1) is 0 Å². The molecule has 10 heteroatoms. The Balaban J connectivity index is 1.40. The minimum Gasteiger partial charge on any atom is -0.493 e. The molecular formula is C22H24BrN3O4S2. The Kier molecular flexibility index (Phi) is 7.04. The minimum atomic E-state index is -3.50. The second-order valence-corrected chi connectivity index (χ2v) is 11.0. The summed E-state index contributed by atoms with van der Waals surface area (Å²) < 4.78 is 38.9. The number of aromatic nitrogens is 1. The first kappa shape index (κ1) is 23.0. The van der Waals surface area contributed by atoms with Gasteiger partial charge in [-0.05, 0) is 35.9 Å². The molecule has 1 saturated heterocycles. The highest BCUT2D eigenvalue weighted by Crippen LogP contribution is 2.30. The van der Waals surface area contributed by atoms with Crippen molar-refractivity contribution in [1.82, 2.24) is 9.29 Å². The molecule has 4 rings (SSSR count). The van der Waals surface area contributed by atoms with Gasteiger partial charge in [0.05, 0.1) is 24.8 Å². The predicted molar refractivity (Wildman–Crippen MR) is 130 cm³/mol. The summed E-state index contributed by atoms with van der Waals surface area (Å²) in [4.78, 5) is 7.24. The number of hydrogen-bond donors (Lipinski definition) is 0. The van der Waals surface area contributed by atoms with Crippen LogP contribution in [0.5, 0.6) is 11.5 Å². The Hall–Kier alpha value is -2.14. The zero-order chi connectivity index (χ0) is 22.7. The van der Waals surface area contributed by atoms with Crippen LogP contribution >= 0.6 is 27.3 Å². The van der Waals surface area contributed by atoms with Crippen LogP contribution in [-0.2, 0) is 16.4 Å². The van der Waals surface area contributed by atoms with Crippen molar-refractivity contribution in [3.05, 3.63) is 63.6 Å². The Morgan fingerprint density at radius 3 is 2.47 bits per heavy atom. The van der Waals surface area contributed by atoms with E-state index in [2.05, 4.69) is 26.2 Å². The average molecular weight is 538 g/mol. The molecule has 0 N–H and O–H groups in total. The van der Waals surface area contributed by atoms with Crippen molar-refractivity contribution in [2.45, 2.75) is 11.3 Å². The van der Waals surface area contributed by atoms with Crippen molar-refractivity contribution in [2.24, 2.45) is 0 Å². The molecule has 3 aromatic rings. The van der Waals surface area contributed by atoms with Gasteiger partial charge in [-0.3, -0.25) is 0 Å². The SMILES string of the molecule is COc1ccc(Cc2csc(N3CCN(S(=O)(=O)c4cccc(Br)c4)CC3)n2)cc1OC. The van der Waals surface area contributed by atoms with Crippen LogP contribution in [0.25, 0.3) is 0 Å². The maximum absolute atomic E-state index is 12.9. The monoisotopic (exact) mass is 537 g/mol. The Labute approximate surface area is 200 Å². The van der Waals surface area contributed by atoms with Crippen LogP contribution in [0.3, 0.4) is 0 Å². The lowest BCUT2D eigenvalue weighted by molar-refractivity contribution is 0.354. The number of ether oxygens (including phenoxy) is 2. The fraction of sp³-hybridized carbons (Fsp3) is 0.318. The van der Waals surface area contributed by atoms with E-state index in [-0.39, 0.29) is 0 Å². The quantitative estimate of drug-likeness (QED) is 0.453. The van der Waals surface area contributed by atoms with E-state index in [1.165, 1.54) is 0 Å². The van der Waals surface area contributed by atoms with Gasteiger partial charge >= 0.3 is 0 Å². The van der Waals surface area contributed by atoms with Crippen molar-refractivity contribution in [2.75, 3.05) is 45.3 Å². The van der Waals surface area contributed by atoms with E-state index >= 15 is 0 Å². The third-order valence-electron chi connectivity index (χ3n) is 5.32. The molecule has 0 aliphatic carbocycles. The second kappa shape index (κ2) is 9.78. The highest BCUT2D eigenvalue weighted by atomic mass is 79.9. The van der Waals surface area contributed by atoms with E-state index in [4.69, 9.17) is 14.5 Å².